The number of aliphatic hydroxyl groups is 1. The minimum absolute atomic E-state index is 0.0345. The second-order valence-electron chi connectivity index (χ2n) is 14.1. The SMILES string of the molecule is CC1(C)OC2CC3C4CC(F)C5=CC(=O)C=CC5(C)C4(F)C(O)CC3(C)C2(C(=O)COC(=O)NCCCC(N)(C(=O)O)C(F)F)O1. The molecule has 256 valence electrons. The van der Waals surface area contributed by atoms with Crippen LogP contribution in [0.5, 0.6) is 0 Å². The first kappa shape index (κ1) is 34.5. The molecule has 1 aliphatic heterocycles. The normalized spacial score (nSPS) is 41.8. The molecule has 5 aliphatic rings. The molecule has 4 fully saturated rings. The Morgan fingerprint density at radius 2 is 1.87 bits per heavy atom. The number of carboxylic acid groups (broad SMARTS) is 1. The van der Waals surface area contributed by atoms with Crippen molar-refractivity contribution >= 4 is 23.6 Å². The molecule has 0 spiro atoms. The summed E-state index contributed by atoms with van der Waals surface area (Å²) in [6.45, 7) is 5.18. The molecule has 1 saturated heterocycles. The Morgan fingerprint density at radius 3 is 2.50 bits per heavy atom. The van der Waals surface area contributed by atoms with Gasteiger partial charge in [-0.1, -0.05) is 13.0 Å². The van der Waals surface area contributed by atoms with Crippen LogP contribution in [0.2, 0.25) is 0 Å². The van der Waals surface area contributed by atoms with Crippen LogP contribution in [0, 0.1) is 22.7 Å². The van der Waals surface area contributed by atoms with Crippen molar-refractivity contribution in [2.24, 2.45) is 28.4 Å². The van der Waals surface area contributed by atoms with Crippen LogP contribution in [0.4, 0.5) is 22.4 Å². The molecule has 5 N–H and O–H groups in total. The highest BCUT2D eigenvalue weighted by atomic mass is 19.3. The molecule has 0 aromatic rings. The molecule has 10 atom stereocenters. The van der Waals surface area contributed by atoms with Crippen molar-refractivity contribution in [1.82, 2.24) is 5.32 Å². The molecule has 1 amide bonds. The second-order valence-corrected chi connectivity index (χ2v) is 14.1. The van der Waals surface area contributed by atoms with E-state index in [0.29, 0.717) is 0 Å². The first-order chi connectivity index (χ1) is 21.2. The van der Waals surface area contributed by atoms with Crippen LogP contribution in [0.15, 0.2) is 23.8 Å². The van der Waals surface area contributed by atoms with E-state index in [0.717, 1.165) is 6.08 Å². The van der Waals surface area contributed by atoms with E-state index in [-0.39, 0.29) is 37.8 Å². The van der Waals surface area contributed by atoms with Crippen molar-refractivity contribution in [1.29, 1.82) is 0 Å². The Bertz CT molecular complexity index is 1390. The Morgan fingerprint density at radius 1 is 1.20 bits per heavy atom. The van der Waals surface area contributed by atoms with Gasteiger partial charge in [0.2, 0.25) is 5.78 Å². The van der Waals surface area contributed by atoms with Gasteiger partial charge in [0, 0.05) is 23.3 Å². The zero-order valence-electron chi connectivity index (χ0n) is 26.0. The highest BCUT2D eigenvalue weighted by Gasteiger charge is 2.80. The van der Waals surface area contributed by atoms with Crippen molar-refractivity contribution in [3.8, 4) is 0 Å². The molecule has 3 saturated carbocycles. The predicted molar refractivity (Wildman–Crippen MR) is 151 cm³/mol. The van der Waals surface area contributed by atoms with Crippen LogP contribution in [-0.2, 0) is 28.6 Å². The number of carboxylic acids is 1. The summed E-state index contributed by atoms with van der Waals surface area (Å²) >= 11 is 0. The van der Waals surface area contributed by atoms with E-state index in [9.17, 15) is 33.1 Å². The van der Waals surface area contributed by atoms with Gasteiger partial charge in [-0.15, -0.1) is 0 Å². The number of halogens is 4. The number of Topliss-reactive ketones (excluding diaryl/α,β-unsaturated/α-hetero) is 1. The maximum Gasteiger partial charge on any atom is 0.407 e. The van der Waals surface area contributed by atoms with Gasteiger partial charge in [0.15, 0.2) is 35.0 Å². The van der Waals surface area contributed by atoms with Gasteiger partial charge in [0.1, 0.15) is 6.17 Å². The fourth-order valence-corrected chi connectivity index (χ4v) is 8.97. The number of carbonyl (C=O) groups is 4. The fraction of sp³-hybridized carbons (Fsp3) is 0.742. The number of ketones is 2. The number of ether oxygens (including phenoxy) is 3. The molecule has 11 nitrogen and oxygen atoms in total. The predicted octanol–water partition coefficient (Wildman–Crippen LogP) is 2.93. The van der Waals surface area contributed by atoms with Gasteiger partial charge in [-0.25, -0.2) is 27.2 Å². The maximum atomic E-state index is 17.5. The van der Waals surface area contributed by atoms with Crippen LogP contribution < -0.4 is 11.1 Å². The van der Waals surface area contributed by atoms with Gasteiger partial charge in [-0.05, 0) is 76.5 Å². The van der Waals surface area contributed by atoms with Crippen molar-refractivity contribution in [2.75, 3.05) is 13.2 Å². The Balaban J connectivity index is 1.35. The summed E-state index contributed by atoms with van der Waals surface area (Å²) in [5.41, 5.74) is -4.68. The molecule has 4 aliphatic carbocycles. The van der Waals surface area contributed by atoms with E-state index < -0.39 is 107 Å². The number of carbonyl (C=O) groups excluding carboxylic acids is 3. The molecule has 0 radical (unpaired) electrons. The summed E-state index contributed by atoms with van der Waals surface area (Å²) in [6, 6.07) is 0. The van der Waals surface area contributed by atoms with Crippen LogP contribution in [0.25, 0.3) is 0 Å². The van der Waals surface area contributed by atoms with Crippen molar-refractivity contribution in [3.63, 3.8) is 0 Å². The molecule has 46 heavy (non-hydrogen) atoms. The summed E-state index contributed by atoms with van der Waals surface area (Å²) in [5, 5.41) is 22.9. The van der Waals surface area contributed by atoms with Gasteiger partial charge in [-0.2, -0.15) is 0 Å². The highest BCUT2D eigenvalue weighted by Crippen LogP contribution is 2.72. The maximum absolute atomic E-state index is 17.5. The number of alkyl halides is 4. The minimum atomic E-state index is -3.34. The highest BCUT2D eigenvalue weighted by molar-refractivity contribution is 6.01. The quantitative estimate of drug-likeness (QED) is 0.213. The smallest absolute Gasteiger partial charge is 0.407 e. The largest absolute Gasteiger partial charge is 0.480 e. The van der Waals surface area contributed by atoms with Crippen LogP contribution in [0.1, 0.15) is 59.8 Å². The first-order valence-electron chi connectivity index (χ1n) is 15.3. The summed E-state index contributed by atoms with van der Waals surface area (Å²) in [6.07, 6.45) is -6.62. The second kappa shape index (κ2) is 11.1. The molecular formula is C31H40F4N2O9. The number of fused-ring (bicyclic) bond motifs is 7. The minimum Gasteiger partial charge on any atom is -0.480 e. The topological polar surface area (TPSA) is 174 Å². The standard InChI is InChI=1S/C31H40F4N2O9/c1-26(2)45-22-12-16-17-11-19(32)18-10-15(38)6-8-27(18,3)30(17,35)20(39)13-28(16,4)31(22,46-26)21(40)14-44-25(43)37-9-5-7-29(36,23(33)34)24(41)42/h6,8,10,16-17,19-20,22-23,39H,5,7,9,11-14,36H2,1-4H3,(H,37,43)(H,41,42). The third-order valence-corrected chi connectivity index (χ3v) is 11.2. The Hall–Kier alpha value is -2.88. The average Bonchev–Trinajstić information content (AvgIpc) is 3.37. The van der Waals surface area contributed by atoms with E-state index in [1.807, 2.05) is 0 Å². The number of aliphatic hydroxyl groups excluding tert-OH is 1. The van der Waals surface area contributed by atoms with Gasteiger partial charge in [0.25, 0.3) is 6.43 Å². The fourth-order valence-electron chi connectivity index (χ4n) is 8.97. The molecule has 10 unspecified atom stereocenters. The number of nitrogens with two attached hydrogens (primary N) is 1. The zero-order chi connectivity index (χ0) is 34.3. The van der Waals surface area contributed by atoms with Gasteiger partial charge >= 0.3 is 12.1 Å². The average molecular weight is 661 g/mol. The van der Waals surface area contributed by atoms with Crippen molar-refractivity contribution in [3.05, 3.63) is 23.8 Å². The Kier molecular flexibility index (Phi) is 8.31. The number of amides is 1. The summed E-state index contributed by atoms with van der Waals surface area (Å²) < 4.78 is 77.1. The molecule has 15 heteroatoms. The summed E-state index contributed by atoms with van der Waals surface area (Å²) in [4.78, 5) is 49.7. The van der Waals surface area contributed by atoms with Crippen LogP contribution in [0.3, 0.4) is 0 Å². The lowest BCUT2D eigenvalue weighted by Gasteiger charge is -2.63. The van der Waals surface area contributed by atoms with E-state index in [4.69, 9.17) is 25.1 Å². The molecule has 0 aromatic carbocycles. The zero-order valence-corrected chi connectivity index (χ0v) is 26.0. The Labute approximate surface area is 262 Å². The lowest BCUT2D eigenvalue weighted by atomic mass is 9.44. The molecule has 0 bridgehead atoms. The van der Waals surface area contributed by atoms with Crippen molar-refractivity contribution < 1.29 is 61.2 Å². The van der Waals surface area contributed by atoms with Crippen molar-refractivity contribution in [2.45, 2.75) is 107 Å². The van der Waals surface area contributed by atoms with E-state index in [1.165, 1.54) is 19.1 Å². The van der Waals surface area contributed by atoms with Gasteiger partial charge in [-0.3, -0.25) is 9.59 Å². The first-order valence-corrected chi connectivity index (χ1v) is 15.3. The summed E-state index contributed by atoms with van der Waals surface area (Å²) in [7, 11) is 0. The number of rotatable bonds is 9. The van der Waals surface area contributed by atoms with Gasteiger partial charge in [0.05, 0.1) is 12.2 Å². The van der Waals surface area contributed by atoms with E-state index in [1.54, 1.807) is 20.8 Å². The number of nitrogens with one attached hydrogen (secondary N) is 1. The lowest BCUT2D eigenvalue weighted by Crippen LogP contribution is -2.71. The number of aliphatic carboxylic acids is 1. The molecule has 0 aromatic heterocycles. The number of alkyl carbamates (subject to hydrolysis) is 1. The van der Waals surface area contributed by atoms with Crippen LogP contribution >= 0.6 is 0 Å². The monoisotopic (exact) mass is 660 g/mol. The molecule has 1 heterocycles. The number of hydrogen-bond acceptors (Lipinski definition) is 9. The number of hydrogen-bond donors (Lipinski definition) is 4. The lowest BCUT2D eigenvalue weighted by molar-refractivity contribution is -0.248. The van der Waals surface area contributed by atoms with E-state index >= 15 is 8.78 Å². The third kappa shape index (κ3) is 4.74. The number of allylic oxidation sites excluding steroid dienone is 4. The molecule has 5 rings (SSSR count). The molecular weight excluding hydrogens is 620 g/mol. The van der Waals surface area contributed by atoms with Gasteiger partial charge < -0.3 is 35.5 Å². The third-order valence-electron chi connectivity index (χ3n) is 11.2. The van der Waals surface area contributed by atoms with E-state index in [2.05, 4.69) is 5.32 Å². The summed E-state index contributed by atoms with van der Waals surface area (Å²) in [5.74, 6) is -6.20. The van der Waals surface area contributed by atoms with Crippen LogP contribution in [-0.4, -0.2) is 94.4 Å².